The predicted molar refractivity (Wildman–Crippen MR) is 153 cm³/mol. The minimum Gasteiger partial charge on any atom is -0.394 e. The van der Waals surface area contributed by atoms with Crippen molar-refractivity contribution in [2.75, 3.05) is 18.9 Å². The lowest BCUT2D eigenvalue weighted by molar-refractivity contribution is -0.0589. The Hall–Kier alpha value is -2.69. The zero-order valence-corrected chi connectivity index (χ0v) is 25.8. The molecule has 0 bridgehead atoms. The molecule has 5 N–H and O–H groups in total. The van der Waals surface area contributed by atoms with Crippen LogP contribution >= 0.6 is 26.2 Å². The van der Waals surface area contributed by atoms with Crippen molar-refractivity contribution >= 4 is 72.9 Å². The molecule has 0 radical (unpaired) electrons. The number of aliphatic imine (C=N–C) groups is 1. The van der Waals surface area contributed by atoms with E-state index in [0.29, 0.717) is 0 Å². The van der Waals surface area contributed by atoms with Crippen molar-refractivity contribution in [3.8, 4) is 0 Å². The fraction of sp³-hybridized carbons (Fsp3) is 0.550. The van der Waals surface area contributed by atoms with Crippen molar-refractivity contribution in [2.24, 2.45) is 4.99 Å². The van der Waals surface area contributed by atoms with E-state index in [0.717, 1.165) is 15.6 Å². The van der Waals surface area contributed by atoms with Crippen LogP contribution in [0.2, 0.25) is 0 Å². The van der Waals surface area contributed by atoms with Gasteiger partial charge in [0.2, 0.25) is 5.95 Å². The maximum atomic E-state index is 15.7. The van der Waals surface area contributed by atoms with Crippen LogP contribution in [0.25, 0.3) is 11.2 Å². The van der Waals surface area contributed by atoms with Crippen molar-refractivity contribution in [2.45, 2.75) is 55.6 Å². The summed E-state index contributed by atoms with van der Waals surface area (Å²) in [4.78, 5) is 49.5. The molecule has 25 heteroatoms. The second-order valence-corrected chi connectivity index (χ2v) is 14.2. The first-order valence-electron chi connectivity index (χ1n) is 12.8. The number of Topliss-reactive ketones (excluding diaryl/α,β-unsaturated/α-hetero) is 1. The average molecular weight is 713 g/mol. The van der Waals surface area contributed by atoms with Gasteiger partial charge in [-0.25, -0.2) is 18.8 Å². The highest BCUT2D eigenvalue weighted by molar-refractivity contribution is 8.39. The summed E-state index contributed by atoms with van der Waals surface area (Å²) in [5.41, 5.74) is 4.37. The number of hydrogen-bond acceptors (Lipinski definition) is 16. The van der Waals surface area contributed by atoms with Crippen LogP contribution in [0.1, 0.15) is 29.4 Å². The molecule has 45 heavy (non-hydrogen) atoms. The molecule has 6 heterocycles. The molecule has 0 aliphatic carbocycles. The number of halogens is 2. The number of aromatic nitrogens is 7. The lowest BCUT2D eigenvalue weighted by Gasteiger charge is -2.25. The van der Waals surface area contributed by atoms with Gasteiger partial charge in [-0.15, -0.1) is 9.62 Å². The van der Waals surface area contributed by atoms with E-state index in [9.17, 15) is 24.2 Å². The summed E-state index contributed by atoms with van der Waals surface area (Å²) in [6, 6.07) is 0. The Balaban J connectivity index is 1.22. The van der Waals surface area contributed by atoms with E-state index in [1.807, 2.05) is 0 Å². The molecule has 10 atom stereocenters. The number of nitrogens with two attached hydrogens (primary N) is 1. The van der Waals surface area contributed by atoms with Crippen LogP contribution in [-0.4, -0.2) is 106 Å². The smallest absolute Gasteiger partial charge is 0.394 e. The number of aliphatic hydroxyl groups is 1. The fourth-order valence-corrected chi connectivity index (χ4v) is 7.18. The van der Waals surface area contributed by atoms with E-state index in [2.05, 4.69) is 42.5 Å². The number of rotatable bonds is 10. The SMILES string of the molecule is Nc1nc2c(nnn2[C@@H]2O[C@H](CO)[C@@H](F)[C@H]2OP(O)(=S)OC[C@H]2O[C@@H](n3cnc4c3N=CCC4=O)[C@@H](F)[C@@H]2O[P+](=O)S)c(=O)[nH]1. The number of aliphatic hydroxyl groups excluding tert-OH is 1. The molecule has 3 aromatic rings. The number of imidazole rings is 1. The van der Waals surface area contributed by atoms with Gasteiger partial charge in [0.15, 0.2) is 59.4 Å². The van der Waals surface area contributed by atoms with Gasteiger partial charge in [0.25, 0.3) is 5.56 Å². The summed E-state index contributed by atoms with van der Waals surface area (Å²) in [7, 11) is -2.66. The summed E-state index contributed by atoms with van der Waals surface area (Å²) in [6.07, 6.45) is -11.0. The number of thiol groups is 1. The number of carbonyl (C=O) groups is 1. The van der Waals surface area contributed by atoms with Crippen LogP contribution in [0.3, 0.4) is 0 Å². The van der Waals surface area contributed by atoms with Crippen molar-refractivity contribution < 1.29 is 51.2 Å². The molecule has 0 saturated carbocycles. The molecule has 6 rings (SSSR count). The number of nitrogens with zero attached hydrogens (tertiary/aromatic N) is 7. The highest BCUT2D eigenvalue weighted by Crippen LogP contribution is 2.51. The molecule has 2 fully saturated rings. The number of ether oxygens (including phenoxy) is 2. The first kappa shape index (κ1) is 32.3. The van der Waals surface area contributed by atoms with Crippen LogP contribution in [0.15, 0.2) is 16.1 Å². The van der Waals surface area contributed by atoms with E-state index >= 15 is 8.78 Å². The Morgan fingerprint density at radius 2 is 2.00 bits per heavy atom. The van der Waals surface area contributed by atoms with Crippen molar-refractivity contribution in [1.82, 2.24) is 34.5 Å². The second kappa shape index (κ2) is 12.5. The minimum absolute atomic E-state index is 0.00273. The number of H-pyrrole nitrogens is 1. The fourth-order valence-electron chi connectivity index (χ4n) is 4.99. The van der Waals surface area contributed by atoms with Gasteiger partial charge in [-0.1, -0.05) is 5.21 Å². The number of carbonyl (C=O) groups excluding carboxylic acids is 1. The zero-order chi connectivity index (χ0) is 32.2. The largest absolute Gasteiger partial charge is 0.582 e. The monoisotopic (exact) mass is 712 g/mol. The maximum Gasteiger partial charge on any atom is 0.582 e. The highest BCUT2D eigenvalue weighted by atomic mass is 32.7. The molecular weight excluding hydrogens is 690 g/mol. The molecule has 0 spiro atoms. The average Bonchev–Trinajstić information content (AvgIpc) is 3.73. The molecule has 2 unspecified atom stereocenters. The number of aromatic amines is 1. The Morgan fingerprint density at radius 3 is 2.73 bits per heavy atom. The number of nitrogens with one attached hydrogen (secondary N) is 1. The van der Waals surface area contributed by atoms with Gasteiger partial charge in [0.1, 0.15) is 30.6 Å². The zero-order valence-electron chi connectivity index (χ0n) is 22.3. The van der Waals surface area contributed by atoms with E-state index in [4.69, 9.17) is 40.6 Å². The van der Waals surface area contributed by atoms with E-state index < -0.39 is 81.9 Å². The van der Waals surface area contributed by atoms with Crippen LogP contribution < -0.4 is 11.3 Å². The van der Waals surface area contributed by atoms with Crippen LogP contribution in [-0.2, 0) is 39.4 Å². The summed E-state index contributed by atoms with van der Waals surface area (Å²) in [5.74, 6) is -0.623. The maximum absolute atomic E-state index is 15.7. The lowest BCUT2D eigenvalue weighted by Crippen LogP contribution is -2.34. The molecule has 242 valence electrons. The third-order valence-electron chi connectivity index (χ3n) is 6.97. The number of hydrogen-bond donors (Lipinski definition) is 5. The molecule has 3 aromatic heterocycles. The van der Waals surface area contributed by atoms with Crippen molar-refractivity contribution in [3.63, 3.8) is 0 Å². The van der Waals surface area contributed by atoms with Gasteiger partial charge in [0, 0.05) is 12.6 Å². The van der Waals surface area contributed by atoms with E-state index in [-0.39, 0.29) is 40.8 Å². The molecule has 0 amide bonds. The van der Waals surface area contributed by atoms with Crippen molar-refractivity contribution in [1.29, 1.82) is 0 Å². The van der Waals surface area contributed by atoms with Gasteiger partial charge in [0.05, 0.1) is 19.5 Å². The third-order valence-corrected chi connectivity index (χ3v) is 9.24. The number of anilines is 1. The van der Waals surface area contributed by atoms with Gasteiger partial charge in [-0.3, -0.25) is 23.7 Å². The van der Waals surface area contributed by atoms with Gasteiger partial charge in [-0.2, -0.15) is 9.67 Å². The summed E-state index contributed by atoms with van der Waals surface area (Å²) < 4.78 is 72.1. The molecule has 19 nitrogen and oxygen atoms in total. The number of fused-ring (bicyclic) bond motifs is 2. The molecule has 2 saturated heterocycles. The van der Waals surface area contributed by atoms with Crippen LogP contribution in [0.4, 0.5) is 20.5 Å². The second-order valence-electron chi connectivity index (χ2n) is 9.76. The van der Waals surface area contributed by atoms with Crippen molar-refractivity contribution in [3.05, 3.63) is 22.4 Å². The molecule has 3 aliphatic rings. The van der Waals surface area contributed by atoms with Gasteiger partial charge in [-0.05, 0) is 16.4 Å². The van der Waals surface area contributed by atoms with Crippen LogP contribution in [0, 0.1) is 0 Å². The third kappa shape index (κ3) is 6.10. The Morgan fingerprint density at radius 1 is 1.24 bits per heavy atom. The summed E-state index contributed by atoms with van der Waals surface area (Å²) in [6.45, 7) is -5.99. The molecular formula is C20H22F2N9O10P2S2+. The predicted octanol–water partition coefficient (Wildman–Crippen LogP) is 0.336. The van der Waals surface area contributed by atoms with Gasteiger partial charge >= 0.3 is 13.9 Å². The first-order chi connectivity index (χ1) is 21.4. The standard InChI is InChI=1S/C20H21F2N9O10P2S2/c21-9-7(3-32)38-19(31-16-12(28-29-31)17(34)27-20(23)26-16)14(9)41-43(36,45)37-4-8-13(40-42(35)44)10(22)18(39-8)30-5-25-11-6(33)1-2-24-15(11)30/h2,5,7-10,13-14,18-19,32H,1,3-4H2,(H4-,23,26,27,29,34,35,36,44,45)/p+1/t7-,8-,9-,10+,13-,14-,18-,19-,43?/m1/s1. The van der Waals surface area contributed by atoms with Crippen LogP contribution in [0.5, 0.6) is 0 Å². The number of alkyl halides is 2. The number of nitrogen functional groups attached to an aromatic ring is 1. The Kier molecular flexibility index (Phi) is 8.95. The lowest BCUT2D eigenvalue weighted by atomic mass is 10.1. The van der Waals surface area contributed by atoms with Gasteiger partial charge < -0.3 is 29.7 Å². The van der Waals surface area contributed by atoms with E-state index in [1.165, 1.54) is 6.21 Å². The summed E-state index contributed by atoms with van der Waals surface area (Å²) in [5, 5.41) is 17.1. The Bertz CT molecular complexity index is 1790. The van der Waals surface area contributed by atoms with E-state index in [1.54, 1.807) is 0 Å². The normalized spacial score (nSPS) is 31.4. The molecule has 0 aromatic carbocycles. The topological polar surface area (TPSA) is 253 Å². The highest BCUT2D eigenvalue weighted by Gasteiger charge is 2.53. The first-order valence-corrected chi connectivity index (χ1v) is 17.7. The quantitative estimate of drug-likeness (QED) is 0.140. The summed E-state index contributed by atoms with van der Waals surface area (Å²) >= 11 is 8.77. The minimum atomic E-state index is -4.45. The Labute approximate surface area is 260 Å². The number of ketones is 1. The molecule has 3 aliphatic heterocycles.